The summed E-state index contributed by atoms with van der Waals surface area (Å²) in [4.78, 5) is 36.3. The highest BCUT2D eigenvalue weighted by atomic mass is 16.5. The minimum atomic E-state index is -0.786. The van der Waals surface area contributed by atoms with Gasteiger partial charge in [0.05, 0.1) is 13.2 Å². The number of nitrogens with one attached hydrogen (secondary N) is 2. The first-order valence-electron chi connectivity index (χ1n) is 9.25. The zero-order valence-corrected chi connectivity index (χ0v) is 16.2. The molecule has 6 nitrogen and oxygen atoms in total. The lowest BCUT2D eigenvalue weighted by Gasteiger charge is -2.17. The lowest BCUT2D eigenvalue weighted by molar-refractivity contribution is -0.145. The van der Waals surface area contributed by atoms with Crippen LogP contribution in [0.15, 0.2) is 60.7 Å². The van der Waals surface area contributed by atoms with Gasteiger partial charge in [-0.3, -0.25) is 9.59 Å². The Kier molecular flexibility index (Phi) is 8.21. The molecule has 2 atom stereocenters. The van der Waals surface area contributed by atoms with Crippen molar-refractivity contribution in [1.29, 1.82) is 0 Å². The SMILES string of the molecule is COC(=O)[C@@H](Cc1ccccc1)NC(=O)CCC(=O)N[C@H](C)c1ccccc1. The van der Waals surface area contributed by atoms with Crippen molar-refractivity contribution in [3.63, 3.8) is 0 Å². The Hall–Kier alpha value is -3.15. The molecule has 0 aromatic heterocycles. The Labute approximate surface area is 165 Å². The molecule has 0 saturated carbocycles. The molecule has 2 aromatic rings. The van der Waals surface area contributed by atoms with Crippen LogP contribution < -0.4 is 10.6 Å². The van der Waals surface area contributed by atoms with Crippen LogP contribution in [0.25, 0.3) is 0 Å². The van der Waals surface area contributed by atoms with Crippen LogP contribution in [0.4, 0.5) is 0 Å². The van der Waals surface area contributed by atoms with Gasteiger partial charge in [-0.2, -0.15) is 0 Å². The number of esters is 1. The van der Waals surface area contributed by atoms with Gasteiger partial charge >= 0.3 is 5.97 Å². The normalized spacial score (nSPS) is 12.5. The van der Waals surface area contributed by atoms with E-state index in [0.29, 0.717) is 6.42 Å². The van der Waals surface area contributed by atoms with E-state index in [2.05, 4.69) is 10.6 Å². The molecular weight excluding hydrogens is 356 g/mol. The summed E-state index contributed by atoms with van der Waals surface area (Å²) in [6.45, 7) is 1.89. The molecule has 0 fully saturated rings. The molecule has 0 saturated heterocycles. The summed E-state index contributed by atoms with van der Waals surface area (Å²) in [7, 11) is 1.28. The predicted molar refractivity (Wildman–Crippen MR) is 106 cm³/mol. The van der Waals surface area contributed by atoms with Crippen molar-refractivity contribution in [3.8, 4) is 0 Å². The van der Waals surface area contributed by atoms with Crippen molar-refractivity contribution in [3.05, 3.63) is 71.8 Å². The van der Waals surface area contributed by atoms with Crippen molar-refractivity contribution in [2.45, 2.75) is 38.3 Å². The molecule has 6 heteroatoms. The molecule has 0 aliphatic heterocycles. The standard InChI is InChI=1S/C22H26N2O4/c1-16(18-11-7-4-8-12-18)23-20(25)13-14-21(26)24-19(22(27)28-2)15-17-9-5-3-6-10-17/h3-12,16,19H,13-15H2,1-2H3,(H,23,25)(H,24,26)/t16-,19-/m1/s1. The lowest BCUT2D eigenvalue weighted by atomic mass is 10.1. The van der Waals surface area contributed by atoms with Crippen LogP contribution in [0.2, 0.25) is 0 Å². The van der Waals surface area contributed by atoms with E-state index in [1.165, 1.54) is 7.11 Å². The van der Waals surface area contributed by atoms with Gasteiger partial charge < -0.3 is 15.4 Å². The van der Waals surface area contributed by atoms with Gasteiger partial charge in [0.1, 0.15) is 6.04 Å². The van der Waals surface area contributed by atoms with Crippen LogP contribution >= 0.6 is 0 Å². The molecule has 0 bridgehead atoms. The first kappa shape index (κ1) is 21.2. The molecule has 2 aromatic carbocycles. The van der Waals surface area contributed by atoms with E-state index in [4.69, 9.17) is 4.74 Å². The monoisotopic (exact) mass is 382 g/mol. The maximum atomic E-state index is 12.2. The smallest absolute Gasteiger partial charge is 0.328 e. The third-order valence-electron chi connectivity index (χ3n) is 4.36. The minimum absolute atomic E-state index is 0.00434. The van der Waals surface area contributed by atoms with Crippen LogP contribution in [0.3, 0.4) is 0 Å². The van der Waals surface area contributed by atoms with E-state index in [9.17, 15) is 14.4 Å². The third kappa shape index (κ3) is 6.87. The van der Waals surface area contributed by atoms with E-state index in [1.807, 2.05) is 67.6 Å². The zero-order chi connectivity index (χ0) is 20.4. The Morgan fingerprint density at radius 1 is 0.857 bits per heavy atom. The van der Waals surface area contributed by atoms with Gasteiger partial charge in [-0.25, -0.2) is 4.79 Å². The highest BCUT2D eigenvalue weighted by Crippen LogP contribution is 2.11. The van der Waals surface area contributed by atoms with Gasteiger partial charge in [0.25, 0.3) is 0 Å². The van der Waals surface area contributed by atoms with Gasteiger partial charge in [-0.15, -0.1) is 0 Å². The number of carbonyl (C=O) groups is 3. The highest BCUT2D eigenvalue weighted by molar-refractivity contribution is 5.87. The van der Waals surface area contributed by atoms with Gasteiger partial charge in [0.2, 0.25) is 11.8 Å². The van der Waals surface area contributed by atoms with Crippen molar-refractivity contribution < 1.29 is 19.1 Å². The van der Waals surface area contributed by atoms with Crippen LogP contribution in [-0.4, -0.2) is 30.9 Å². The summed E-state index contributed by atoms with van der Waals surface area (Å²) in [5, 5.41) is 5.53. The molecule has 0 aliphatic rings. The lowest BCUT2D eigenvalue weighted by Crippen LogP contribution is -2.43. The Bertz CT molecular complexity index is 778. The molecule has 0 spiro atoms. The summed E-state index contributed by atoms with van der Waals surface area (Å²) in [6.07, 6.45) is 0.369. The van der Waals surface area contributed by atoms with Gasteiger partial charge in [-0.1, -0.05) is 60.7 Å². The second kappa shape index (κ2) is 10.9. The highest BCUT2D eigenvalue weighted by Gasteiger charge is 2.22. The van der Waals surface area contributed by atoms with Crippen LogP contribution in [0.1, 0.15) is 36.9 Å². The Morgan fingerprint density at radius 2 is 1.39 bits per heavy atom. The van der Waals surface area contributed by atoms with Crippen molar-refractivity contribution >= 4 is 17.8 Å². The maximum Gasteiger partial charge on any atom is 0.328 e. The number of hydrogen-bond acceptors (Lipinski definition) is 4. The predicted octanol–water partition coefficient (Wildman–Crippen LogP) is 2.54. The topological polar surface area (TPSA) is 84.5 Å². The number of methoxy groups -OCH3 is 1. The van der Waals surface area contributed by atoms with Crippen molar-refractivity contribution in [2.24, 2.45) is 0 Å². The van der Waals surface area contributed by atoms with Crippen LogP contribution in [0, 0.1) is 0 Å². The molecule has 0 radical (unpaired) electrons. The second-order valence-electron chi connectivity index (χ2n) is 6.53. The quantitative estimate of drug-likeness (QED) is 0.653. The van der Waals surface area contributed by atoms with Crippen LogP contribution in [-0.2, 0) is 25.5 Å². The summed E-state index contributed by atoms with van der Waals surface area (Å²) < 4.78 is 4.78. The third-order valence-corrected chi connectivity index (χ3v) is 4.36. The van der Waals surface area contributed by atoms with Gasteiger partial charge in [0.15, 0.2) is 0 Å². The fourth-order valence-corrected chi connectivity index (χ4v) is 2.82. The fraction of sp³-hybridized carbons (Fsp3) is 0.318. The van der Waals surface area contributed by atoms with E-state index < -0.39 is 12.0 Å². The zero-order valence-electron chi connectivity index (χ0n) is 16.2. The molecule has 0 aliphatic carbocycles. The van der Waals surface area contributed by atoms with E-state index in [0.717, 1.165) is 11.1 Å². The first-order chi connectivity index (χ1) is 13.5. The molecule has 2 rings (SSSR count). The molecular formula is C22H26N2O4. The molecule has 148 valence electrons. The summed E-state index contributed by atoms with van der Waals surface area (Å²) in [6, 6.07) is 18.0. The summed E-state index contributed by atoms with van der Waals surface area (Å²) in [5.74, 6) is -1.10. The Balaban J connectivity index is 1.83. The average molecular weight is 382 g/mol. The van der Waals surface area contributed by atoms with E-state index >= 15 is 0 Å². The number of hydrogen-bond donors (Lipinski definition) is 2. The van der Waals surface area contributed by atoms with Crippen LogP contribution in [0.5, 0.6) is 0 Å². The van der Waals surface area contributed by atoms with E-state index in [-0.39, 0.29) is 30.7 Å². The largest absolute Gasteiger partial charge is 0.467 e. The van der Waals surface area contributed by atoms with E-state index in [1.54, 1.807) is 0 Å². The van der Waals surface area contributed by atoms with Gasteiger partial charge in [-0.05, 0) is 18.1 Å². The van der Waals surface area contributed by atoms with Gasteiger partial charge in [0, 0.05) is 19.3 Å². The second-order valence-corrected chi connectivity index (χ2v) is 6.53. The molecule has 0 unspecified atom stereocenters. The number of carbonyl (C=O) groups excluding carboxylic acids is 3. The van der Waals surface area contributed by atoms with Crippen molar-refractivity contribution in [1.82, 2.24) is 10.6 Å². The summed E-state index contributed by atoms with van der Waals surface area (Å²) in [5.41, 5.74) is 1.90. The maximum absolute atomic E-state index is 12.2. The average Bonchev–Trinajstić information content (AvgIpc) is 2.72. The minimum Gasteiger partial charge on any atom is -0.467 e. The number of amides is 2. The molecule has 0 heterocycles. The number of benzene rings is 2. The fourth-order valence-electron chi connectivity index (χ4n) is 2.82. The molecule has 2 N–H and O–H groups in total. The Morgan fingerprint density at radius 3 is 1.96 bits per heavy atom. The summed E-state index contributed by atoms with van der Waals surface area (Å²) >= 11 is 0. The first-order valence-corrected chi connectivity index (χ1v) is 9.25. The number of ether oxygens (including phenoxy) is 1. The molecule has 28 heavy (non-hydrogen) atoms. The molecule has 2 amide bonds. The number of rotatable bonds is 9. The van der Waals surface area contributed by atoms with Crippen molar-refractivity contribution in [2.75, 3.05) is 7.11 Å².